The van der Waals surface area contributed by atoms with Gasteiger partial charge in [0.25, 0.3) is 5.89 Å². The Bertz CT molecular complexity index is 656. The van der Waals surface area contributed by atoms with Crippen LogP contribution in [0.2, 0.25) is 0 Å². The summed E-state index contributed by atoms with van der Waals surface area (Å²) < 4.78 is 49.1. The van der Waals surface area contributed by atoms with Crippen molar-refractivity contribution in [2.75, 3.05) is 13.1 Å². The highest BCUT2D eigenvalue weighted by Gasteiger charge is 2.54. The molecule has 0 amide bonds. The number of likely N-dealkylation sites (tertiary alicyclic amines) is 1. The maximum absolute atomic E-state index is 12.8. The van der Waals surface area contributed by atoms with Gasteiger partial charge in [-0.15, -0.1) is 0 Å². The van der Waals surface area contributed by atoms with Crippen molar-refractivity contribution in [3.8, 4) is 11.7 Å². The zero-order valence-electron chi connectivity index (χ0n) is 12.6. The first-order chi connectivity index (χ1) is 10.8. The number of hydrogen-bond acceptors (Lipinski definition) is 5. The molecule has 1 fully saturated rings. The number of oxazole rings is 1. The minimum Gasteiger partial charge on any atom is -0.459 e. The SMILES string of the molecule is Cc1oc(-c2ccco2)nc1CN1CCC(O)(C(F)(F)F)CC1. The van der Waals surface area contributed by atoms with E-state index in [1.54, 1.807) is 19.1 Å². The van der Waals surface area contributed by atoms with Crippen molar-refractivity contribution < 1.29 is 27.1 Å². The summed E-state index contributed by atoms with van der Waals surface area (Å²) >= 11 is 0. The quantitative estimate of drug-likeness (QED) is 0.937. The Labute approximate surface area is 130 Å². The van der Waals surface area contributed by atoms with E-state index >= 15 is 0 Å². The number of piperidine rings is 1. The average Bonchev–Trinajstić information content (AvgIpc) is 3.11. The van der Waals surface area contributed by atoms with Gasteiger partial charge in [0.15, 0.2) is 11.4 Å². The molecule has 0 bridgehead atoms. The Morgan fingerprint density at radius 1 is 1.35 bits per heavy atom. The Kier molecular flexibility index (Phi) is 3.97. The molecule has 0 aliphatic carbocycles. The molecule has 3 heterocycles. The third kappa shape index (κ3) is 3.13. The van der Waals surface area contributed by atoms with Crippen LogP contribution in [0.5, 0.6) is 0 Å². The standard InChI is InChI=1S/C15H17F3N2O3/c1-10-11(19-13(23-10)12-3-2-8-22-12)9-20-6-4-14(21,5-7-20)15(16,17)18/h2-3,8,21H,4-7,9H2,1H3. The van der Waals surface area contributed by atoms with Gasteiger partial charge in [-0.1, -0.05) is 0 Å². The molecule has 0 unspecified atom stereocenters. The maximum Gasteiger partial charge on any atom is 0.417 e. The summed E-state index contributed by atoms with van der Waals surface area (Å²) in [5.41, 5.74) is -1.92. The van der Waals surface area contributed by atoms with Gasteiger partial charge < -0.3 is 13.9 Å². The third-order valence-electron chi connectivity index (χ3n) is 4.21. The molecule has 0 spiro atoms. The zero-order valence-corrected chi connectivity index (χ0v) is 12.6. The number of hydrogen-bond donors (Lipinski definition) is 1. The first-order valence-electron chi connectivity index (χ1n) is 7.30. The average molecular weight is 330 g/mol. The second kappa shape index (κ2) is 5.68. The van der Waals surface area contributed by atoms with Crippen molar-refractivity contribution >= 4 is 0 Å². The number of aryl methyl sites for hydroxylation is 1. The summed E-state index contributed by atoms with van der Waals surface area (Å²) in [7, 11) is 0. The van der Waals surface area contributed by atoms with Crippen molar-refractivity contribution in [3.05, 3.63) is 29.9 Å². The Morgan fingerprint density at radius 2 is 2.04 bits per heavy atom. The molecular weight excluding hydrogens is 313 g/mol. The van der Waals surface area contributed by atoms with Crippen LogP contribution < -0.4 is 0 Å². The number of rotatable bonds is 3. The molecule has 0 radical (unpaired) electrons. The molecule has 8 heteroatoms. The first kappa shape index (κ1) is 16.1. The van der Waals surface area contributed by atoms with Crippen LogP contribution in [0.4, 0.5) is 13.2 Å². The van der Waals surface area contributed by atoms with Crippen molar-refractivity contribution in [3.63, 3.8) is 0 Å². The van der Waals surface area contributed by atoms with Crippen LogP contribution in [0, 0.1) is 6.92 Å². The zero-order chi connectivity index (χ0) is 16.7. The molecule has 3 rings (SSSR count). The number of alkyl halides is 3. The number of aliphatic hydroxyl groups is 1. The van der Waals surface area contributed by atoms with Crippen LogP contribution in [0.1, 0.15) is 24.3 Å². The topological polar surface area (TPSA) is 62.6 Å². The van der Waals surface area contributed by atoms with Gasteiger partial charge in [0.2, 0.25) is 0 Å². The van der Waals surface area contributed by atoms with Gasteiger partial charge in [-0.3, -0.25) is 4.90 Å². The number of aromatic nitrogens is 1. The highest BCUT2D eigenvalue weighted by atomic mass is 19.4. The molecule has 1 saturated heterocycles. The Hall–Kier alpha value is -1.80. The van der Waals surface area contributed by atoms with Crippen LogP contribution >= 0.6 is 0 Å². The largest absolute Gasteiger partial charge is 0.459 e. The third-order valence-corrected chi connectivity index (χ3v) is 4.21. The summed E-state index contributed by atoms with van der Waals surface area (Å²) in [5, 5.41) is 9.68. The molecule has 0 aromatic carbocycles. The molecule has 126 valence electrons. The van der Waals surface area contributed by atoms with Crippen LogP contribution in [-0.2, 0) is 6.54 Å². The van der Waals surface area contributed by atoms with E-state index in [4.69, 9.17) is 8.83 Å². The van der Waals surface area contributed by atoms with Crippen molar-refractivity contribution in [1.82, 2.24) is 9.88 Å². The summed E-state index contributed by atoms with van der Waals surface area (Å²) in [4.78, 5) is 6.17. The predicted octanol–water partition coefficient (Wildman–Crippen LogP) is 3.13. The molecule has 23 heavy (non-hydrogen) atoms. The molecule has 2 aromatic heterocycles. The van der Waals surface area contributed by atoms with Crippen molar-refractivity contribution in [1.29, 1.82) is 0 Å². The van der Waals surface area contributed by atoms with Gasteiger partial charge in [-0.05, 0) is 31.9 Å². The lowest BCUT2D eigenvalue weighted by Crippen LogP contribution is -2.53. The van der Waals surface area contributed by atoms with E-state index in [9.17, 15) is 18.3 Å². The second-order valence-corrected chi connectivity index (χ2v) is 5.80. The Balaban J connectivity index is 1.66. The molecule has 0 saturated carbocycles. The summed E-state index contributed by atoms with van der Waals surface area (Å²) in [6, 6.07) is 3.44. The predicted molar refractivity (Wildman–Crippen MR) is 74.5 cm³/mol. The molecule has 0 atom stereocenters. The molecule has 1 aliphatic heterocycles. The van der Waals surface area contributed by atoms with Gasteiger partial charge >= 0.3 is 6.18 Å². The lowest BCUT2D eigenvalue weighted by molar-refractivity contribution is -0.272. The lowest BCUT2D eigenvalue weighted by atomic mass is 9.91. The first-order valence-corrected chi connectivity index (χ1v) is 7.30. The number of furan rings is 1. The highest BCUT2D eigenvalue weighted by molar-refractivity contribution is 5.44. The smallest absolute Gasteiger partial charge is 0.417 e. The van der Waals surface area contributed by atoms with E-state index in [1.165, 1.54) is 6.26 Å². The van der Waals surface area contributed by atoms with Crippen molar-refractivity contribution in [2.45, 2.75) is 38.1 Å². The van der Waals surface area contributed by atoms with E-state index in [0.29, 0.717) is 29.6 Å². The maximum atomic E-state index is 12.8. The van der Waals surface area contributed by atoms with Crippen LogP contribution in [0.3, 0.4) is 0 Å². The summed E-state index contributed by atoms with van der Waals surface area (Å²) in [6.45, 7) is 2.44. The minimum absolute atomic E-state index is 0.151. The van der Waals surface area contributed by atoms with Crippen LogP contribution in [0.15, 0.2) is 27.2 Å². The van der Waals surface area contributed by atoms with E-state index in [2.05, 4.69) is 4.98 Å². The minimum atomic E-state index is -4.59. The van der Waals surface area contributed by atoms with E-state index in [0.717, 1.165) is 0 Å². The fourth-order valence-electron chi connectivity index (χ4n) is 2.66. The van der Waals surface area contributed by atoms with Crippen LogP contribution in [-0.4, -0.2) is 39.9 Å². The van der Waals surface area contributed by atoms with Gasteiger partial charge in [0.1, 0.15) is 5.76 Å². The molecule has 5 nitrogen and oxygen atoms in total. The van der Waals surface area contributed by atoms with E-state index in [1.807, 2.05) is 4.90 Å². The Morgan fingerprint density at radius 3 is 2.61 bits per heavy atom. The van der Waals surface area contributed by atoms with E-state index in [-0.39, 0.29) is 25.9 Å². The number of nitrogens with zero attached hydrogens (tertiary/aromatic N) is 2. The highest BCUT2D eigenvalue weighted by Crippen LogP contribution is 2.38. The van der Waals surface area contributed by atoms with Gasteiger partial charge in [-0.2, -0.15) is 13.2 Å². The lowest BCUT2D eigenvalue weighted by Gasteiger charge is -2.38. The van der Waals surface area contributed by atoms with Crippen molar-refractivity contribution in [2.24, 2.45) is 0 Å². The summed E-state index contributed by atoms with van der Waals surface area (Å²) in [6.07, 6.45) is -3.75. The van der Waals surface area contributed by atoms with Gasteiger partial charge in [0, 0.05) is 19.6 Å². The molecule has 2 aromatic rings. The monoisotopic (exact) mass is 330 g/mol. The fourth-order valence-corrected chi connectivity index (χ4v) is 2.66. The fraction of sp³-hybridized carbons (Fsp3) is 0.533. The molecule has 1 aliphatic rings. The normalized spacial score (nSPS) is 19.2. The second-order valence-electron chi connectivity index (χ2n) is 5.80. The van der Waals surface area contributed by atoms with Gasteiger partial charge in [0.05, 0.1) is 12.0 Å². The van der Waals surface area contributed by atoms with Crippen LogP contribution in [0.25, 0.3) is 11.7 Å². The molecule has 1 N–H and O–H groups in total. The number of halogens is 3. The summed E-state index contributed by atoms with van der Waals surface area (Å²) in [5.74, 6) is 1.46. The van der Waals surface area contributed by atoms with E-state index < -0.39 is 11.8 Å². The molecular formula is C15H17F3N2O3. The van der Waals surface area contributed by atoms with Gasteiger partial charge in [-0.25, -0.2) is 4.98 Å².